The van der Waals surface area contributed by atoms with Crippen LogP contribution in [0.5, 0.6) is 0 Å². The SMILES string of the molecule is CN(CC(=O)N(CCC#N)Cc1ccco1)Cc1cccc(Cl)c1Cl. The van der Waals surface area contributed by atoms with Gasteiger partial charge in [-0.15, -0.1) is 0 Å². The summed E-state index contributed by atoms with van der Waals surface area (Å²) in [5, 5.41) is 9.80. The molecule has 0 bridgehead atoms. The minimum absolute atomic E-state index is 0.0766. The molecule has 25 heavy (non-hydrogen) atoms. The summed E-state index contributed by atoms with van der Waals surface area (Å²) in [7, 11) is 1.84. The van der Waals surface area contributed by atoms with Crippen molar-refractivity contribution in [2.45, 2.75) is 19.5 Å². The number of carbonyl (C=O) groups is 1. The molecule has 0 unspecified atom stereocenters. The highest BCUT2D eigenvalue weighted by molar-refractivity contribution is 6.42. The first-order valence-electron chi connectivity index (χ1n) is 7.79. The Balaban J connectivity index is 1.98. The number of likely N-dealkylation sites (N-methyl/N-ethyl adjacent to an activating group) is 1. The number of furan rings is 1. The average molecular weight is 380 g/mol. The fraction of sp³-hybridized carbons (Fsp3) is 0.333. The Bertz CT molecular complexity index is 741. The van der Waals surface area contributed by atoms with Gasteiger partial charge in [-0.05, 0) is 30.8 Å². The predicted octanol–water partition coefficient (Wildman–Crippen LogP) is 3.96. The third-order valence-electron chi connectivity index (χ3n) is 3.65. The highest BCUT2D eigenvalue weighted by Crippen LogP contribution is 2.26. The molecule has 0 aliphatic heterocycles. The number of nitrogens with zero attached hydrogens (tertiary/aromatic N) is 3. The van der Waals surface area contributed by atoms with E-state index in [4.69, 9.17) is 32.9 Å². The van der Waals surface area contributed by atoms with Crippen LogP contribution in [-0.2, 0) is 17.9 Å². The molecule has 0 aliphatic rings. The van der Waals surface area contributed by atoms with Gasteiger partial charge in [-0.3, -0.25) is 9.69 Å². The van der Waals surface area contributed by atoms with Crippen molar-refractivity contribution in [3.05, 3.63) is 58.0 Å². The molecule has 2 aromatic rings. The summed E-state index contributed by atoms with van der Waals surface area (Å²) < 4.78 is 5.30. The molecule has 2 rings (SSSR count). The first-order valence-corrected chi connectivity index (χ1v) is 8.55. The molecule has 0 N–H and O–H groups in total. The third kappa shape index (κ3) is 5.79. The second-order valence-electron chi connectivity index (χ2n) is 5.69. The molecule has 1 aromatic carbocycles. The maximum Gasteiger partial charge on any atom is 0.237 e. The van der Waals surface area contributed by atoms with Crippen LogP contribution in [0.1, 0.15) is 17.7 Å². The van der Waals surface area contributed by atoms with Crippen LogP contribution in [0.2, 0.25) is 10.0 Å². The van der Waals surface area contributed by atoms with Gasteiger partial charge >= 0.3 is 0 Å². The zero-order valence-electron chi connectivity index (χ0n) is 13.9. The Kier molecular flexibility index (Phi) is 7.32. The quantitative estimate of drug-likeness (QED) is 0.696. The van der Waals surface area contributed by atoms with Crippen LogP contribution in [0.3, 0.4) is 0 Å². The van der Waals surface area contributed by atoms with Crippen LogP contribution < -0.4 is 0 Å². The van der Waals surface area contributed by atoms with E-state index in [9.17, 15) is 4.79 Å². The average Bonchev–Trinajstić information content (AvgIpc) is 3.08. The van der Waals surface area contributed by atoms with Gasteiger partial charge in [0.05, 0.1) is 41.9 Å². The van der Waals surface area contributed by atoms with E-state index in [1.807, 2.05) is 30.1 Å². The summed E-state index contributed by atoms with van der Waals surface area (Å²) in [5.41, 5.74) is 0.860. The second-order valence-corrected chi connectivity index (χ2v) is 6.47. The fourth-order valence-corrected chi connectivity index (χ4v) is 2.80. The van der Waals surface area contributed by atoms with Crippen molar-refractivity contribution in [1.29, 1.82) is 5.26 Å². The Labute approximate surface area is 157 Å². The van der Waals surface area contributed by atoms with Crippen molar-refractivity contribution >= 4 is 29.1 Å². The van der Waals surface area contributed by atoms with E-state index in [-0.39, 0.29) is 18.9 Å². The number of nitriles is 1. The minimum atomic E-state index is -0.0766. The van der Waals surface area contributed by atoms with E-state index in [1.165, 1.54) is 0 Å². The lowest BCUT2D eigenvalue weighted by atomic mass is 10.2. The topological polar surface area (TPSA) is 60.5 Å². The van der Waals surface area contributed by atoms with E-state index in [1.54, 1.807) is 23.3 Å². The van der Waals surface area contributed by atoms with E-state index >= 15 is 0 Å². The van der Waals surface area contributed by atoms with Gasteiger partial charge in [-0.1, -0.05) is 35.3 Å². The molecule has 1 amide bonds. The lowest BCUT2D eigenvalue weighted by Gasteiger charge is -2.24. The number of rotatable bonds is 8. The molecule has 5 nitrogen and oxygen atoms in total. The van der Waals surface area contributed by atoms with E-state index in [0.29, 0.717) is 35.4 Å². The summed E-state index contributed by atoms with van der Waals surface area (Å²) in [4.78, 5) is 16.1. The monoisotopic (exact) mass is 379 g/mol. The summed E-state index contributed by atoms with van der Waals surface area (Å²) in [6, 6.07) is 11.1. The molecule has 0 radical (unpaired) electrons. The van der Waals surface area contributed by atoms with Gasteiger partial charge < -0.3 is 9.32 Å². The molecule has 0 saturated carbocycles. The minimum Gasteiger partial charge on any atom is -0.467 e. The largest absolute Gasteiger partial charge is 0.467 e. The van der Waals surface area contributed by atoms with Gasteiger partial charge in [0.25, 0.3) is 0 Å². The Morgan fingerprint density at radius 1 is 1.24 bits per heavy atom. The molecule has 1 aromatic heterocycles. The van der Waals surface area contributed by atoms with Gasteiger partial charge in [0, 0.05) is 13.1 Å². The lowest BCUT2D eigenvalue weighted by Crippen LogP contribution is -2.38. The molecule has 0 fully saturated rings. The standard InChI is InChI=1S/C18H19Cl2N3O2/c1-22(11-14-5-2-7-16(19)18(14)20)13-17(24)23(9-4-8-21)12-15-6-3-10-25-15/h2-3,5-7,10H,4,9,11-13H2,1H3. The highest BCUT2D eigenvalue weighted by atomic mass is 35.5. The van der Waals surface area contributed by atoms with Crippen molar-refractivity contribution in [2.24, 2.45) is 0 Å². The predicted molar refractivity (Wildman–Crippen MR) is 97.2 cm³/mol. The van der Waals surface area contributed by atoms with E-state index < -0.39 is 0 Å². The zero-order chi connectivity index (χ0) is 18.2. The van der Waals surface area contributed by atoms with Crippen molar-refractivity contribution in [3.63, 3.8) is 0 Å². The van der Waals surface area contributed by atoms with Crippen LogP contribution in [0.15, 0.2) is 41.0 Å². The van der Waals surface area contributed by atoms with Gasteiger partial charge in [0.1, 0.15) is 5.76 Å². The number of hydrogen-bond acceptors (Lipinski definition) is 4. The zero-order valence-corrected chi connectivity index (χ0v) is 15.4. The van der Waals surface area contributed by atoms with Crippen LogP contribution >= 0.6 is 23.2 Å². The number of halogens is 2. The molecule has 1 heterocycles. The number of carbonyl (C=O) groups excluding carboxylic acids is 1. The van der Waals surface area contributed by atoms with Crippen molar-refractivity contribution in [2.75, 3.05) is 20.1 Å². The van der Waals surface area contributed by atoms with E-state index in [0.717, 1.165) is 5.56 Å². The Hall–Kier alpha value is -2.00. The smallest absolute Gasteiger partial charge is 0.237 e. The number of amides is 1. The van der Waals surface area contributed by atoms with Gasteiger partial charge in [-0.2, -0.15) is 5.26 Å². The van der Waals surface area contributed by atoms with Gasteiger partial charge in [0.15, 0.2) is 0 Å². The first-order chi connectivity index (χ1) is 12.0. The summed E-state index contributed by atoms with van der Waals surface area (Å²) in [6.07, 6.45) is 1.84. The summed E-state index contributed by atoms with van der Waals surface area (Å²) >= 11 is 12.2. The van der Waals surface area contributed by atoms with Crippen LogP contribution in [-0.4, -0.2) is 35.8 Å². The normalized spacial score (nSPS) is 10.7. The van der Waals surface area contributed by atoms with Gasteiger partial charge in [0.2, 0.25) is 5.91 Å². The molecule has 0 spiro atoms. The maximum atomic E-state index is 12.6. The first kappa shape index (κ1) is 19.3. The second kappa shape index (κ2) is 9.47. The molecule has 0 aliphatic carbocycles. The molecular weight excluding hydrogens is 361 g/mol. The Morgan fingerprint density at radius 3 is 2.72 bits per heavy atom. The maximum absolute atomic E-state index is 12.6. The molecule has 132 valence electrons. The van der Waals surface area contributed by atoms with Crippen molar-refractivity contribution in [3.8, 4) is 6.07 Å². The molecule has 7 heteroatoms. The van der Waals surface area contributed by atoms with E-state index in [2.05, 4.69) is 6.07 Å². The number of hydrogen-bond donors (Lipinski definition) is 0. The summed E-state index contributed by atoms with van der Waals surface area (Å²) in [6.45, 7) is 1.41. The molecule has 0 atom stereocenters. The van der Waals surface area contributed by atoms with Crippen LogP contribution in [0.4, 0.5) is 0 Å². The Morgan fingerprint density at radius 2 is 2.04 bits per heavy atom. The van der Waals surface area contributed by atoms with Gasteiger partial charge in [-0.25, -0.2) is 0 Å². The summed E-state index contributed by atoms with van der Waals surface area (Å²) in [5.74, 6) is 0.610. The highest BCUT2D eigenvalue weighted by Gasteiger charge is 2.18. The molecular formula is C18H19Cl2N3O2. The van der Waals surface area contributed by atoms with Crippen LogP contribution in [0, 0.1) is 11.3 Å². The van der Waals surface area contributed by atoms with Crippen molar-refractivity contribution in [1.82, 2.24) is 9.80 Å². The third-order valence-corrected chi connectivity index (χ3v) is 4.51. The fourth-order valence-electron chi connectivity index (χ4n) is 2.42. The molecule has 0 saturated heterocycles. The van der Waals surface area contributed by atoms with Crippen molar-refractivity contribution < 1.29 is 9.21 Å². The number of benzene rings is 1. The lowest BCUT2D eigenvalue weighted by molar-refractivity contribution is -0.133. The van der Waals surface area contributed by atoms with Crippen LogP contribution in [0.25, 0.3) is 0 Å².